The van der Waals surface area contributed by atoms with Crippen LogP contribution in [0.1, 0.15) is 11.1 Å². The van der Waals surface area contributed by atoms with Crippen LogP contribution in [0.15, 0.2) is 48.5 Å². The average Bonchev–Trinajstić information content (AvgIpc) is 2.30. The third-order valence-electron chi connectivity index (χ3n) is 2.26. The first-order valence-corrected chi connectivity index (χ1v) is 4.72. The van der Waals surface area contributed by atoms with E-state index in [1.54, 1.807) is 6.07 Å². The summed E-state index contributed by atoms with van der Waals surface area (Å²) in [6.45, 7) is 0. The van der Waals surface area contributed by atoms with Crippen molar-refractivity contribution < 1.29 is 13.2 Å². The summed E-state index contributed by atoms with van der Waals surface area (Å²) in [7, 11) is 0. The quantitative estimate of drug-likeness (QED) is 0.724. The lowest BCUT2D eigenvalue weighted by Crippen LogP contribution is -2.17. The summed E-state index contributed by atoms with van der Waals surface area (Å²) >= 11 is 0. The van der Waals surface area contributed by atoms with Crippen molar-refractivity contribution in [3.8, 4) is 0 Å². The van der Waals surface area contributed by atoms with Gasteiger partial charge in [-0.25, -0.2) is 4.39 Å². The van der Waals surface area contributed by atoms with Crippen molar-refractivity contribution in [1.82, 2.24) is 0 Å². The van der Waals surface area contributed by atoms with Gasteiger partial charge in [-0.2, -0.15) is 8.78 Å². The van der Waals surface area contributed by atoms with Gasteiger partial charge in [0.25, 0.3) is 0 Å². The molecule has 0 amide bonds. The summed E-state index contributed by atoms with van der Waals surface area (Å²) in [5, 5.41) is 0. The van der Waals surface area contributed by atoms with Crippen LogP contribution in [0.2, 0.25) is 0 Å². The number of hydrogen-bond acceptors (Lipinski definition) is 0. The maximum Gasteiger partial charge on any atom is 0.301 e. The lowest BCUT2D eigenvalue weighted by Gasteiger charge is -2.17. The van der Waals surface area contributed by atoms with Crippen LogP contribution in [0.5, 0.6) is 0 Å². The second-order valence-electron chi connectivity index (χ2n) is 3.33. The molecule has 2 aromatic rings. The monoisotopic (exact) mass is 221 g/mol. The minimum atomic E-state index is -3.35. The third-order valence-corrected chi connectivity index (χ3v) is 2.26. The summed E-state index contributed by atoms with van der Waals surface area (Å²) < 4.78 is 41.0. The summed E-state index contributed by atoms with van der Waals surface area (Å²) in [5.74, 6) is -4.27. The molecule has 16 heavy (non-hydrogen) atoms. The van der Waals surface area contributed by atoms with Gasteiger partial charge in [0.2, 0.25) is 0 Å². The molecular formula is C13H8F3. The summed E-state index contributed by atoms with van der Waals surface area (Å²) in [5.41, 5.74) is -0.961. The van der Waals surface area contributed by atoms with Crippen molar-refractivity contribution in [2.24, 2.45) is 0 Å². The van der Waals surface area contributed by atoms with Crippen LogP contribution < -0.4 is 0 Å². The second-order valence-corrected chi connectivity index (χ2v) is 3.33. The van der Waals surface area contributed by atoms with Crippen molar-refractivity contribution in [1.29, 1.82) is 0 Å². The lowest BCUT2D eigenvalue weighted by atomic mass is 10.00. The number of benzene rings is 2. The first-order chi connectivity index (χ1) is 7.62. The zero-order valence-corrected chi connectivity index (χ0v) is 8.25. The highest BCUT2D eigenvalue weighted by Crippen LogP contribution is 2.36. The number of rotatable bonds is 2. The maximum absolute atomic E-state index is 13.9. The average molecular weight is 221 g/mol. The molecule has 0 aliphatic heterocycles. The first kappa shape index (κ1) is 10.7. The van der Waals surface area contributed by atoms with E-state index < -0.39 is 17.3 Å². The second kappa shape index (κ2) is 4.00. The van der Waals surface area contributed by atoms with Gasteiger partial charge in [0.15, 0.2) is 0 Å². The SMILES string of the molecule is Fc1ccccc1C(F)(F)c1[c]cccc1. The fourth-order valence-electron chi connectivity index (χ4n) is 1.45. The molecule has 2 aromatic carbocycles. The first-order valence-electron chi connectivity index (χ1n) is 4.72. The van der Waals surface area contributed by atoms with Gasteiger partial charge in [-0.3, -0.25) is 0 Å². The van der Waals surface area contributed by atoms with Crippen LogP contribution >= 0.6 is 0 Å². The molecule has 0 atom stereocenters. The molecule has 0 bridgehead atoms. The zero-order chi connectivity index (χ0) is 11.6. The predicted octanol–water partition coefficient (Wildman–Crippen LogP) is 3.77. The van der Waals surface area contributed by atoms with E-state index in [0.717, 1.165) is 12.1 Å². The smallest absolute Gasteiger partial charge is 0.206 e. The molecule has 0 spiro atoms. The molecule has 1 radical (unpaired) electrons. The van der Waals surface area contributed by atoms with Gasteiger partial charge in [0, 0.05) is 5.56 Å². The van der Waals surface area contributed by atoms with E-state index in [9.17, 15) is 13.2 Å². The van der Waals surface area contributed by atoms with Crippen molar-refractivity contribution in [2.75, 3.05) is 0 Å². The Morgan fingerprint density at radius 3 is 2.25 bits per heavy atom. The molecule has 0 aliphatic carbocycles. The minimum Gasteiger partial charge on any atom is -0.206 e. The molecule has 0 aliphatic rings. The molecule has 0 saturated heterocycles. The van der Waals surface area contributed by atoms with E-state index in [4.69, 9.17) is 0 Å². The van der Waals surface area contributed by atoms with Crippen LogP contribution in [0.4, 0.5) is 13.2 Å². The molecule has 0 aromatic heterocycles. The Labute approximate surface area is 91.4 Å². The van der Waals surface area contributed by atoms with Crippen molar-refractivity contribution in [3.63, 3.8) is 0 Å². The summed E-state index contributed by atoms with van der Waals surface area (Å²) in [6.07, 6.45) is 0. The zero-order valence-electron chi connectivity index (χ0n) is 8.25. The van der Waals surface area contributed by atoms with Gasteiger partial charge in [0.05, 0.1) is 5.56 Å². The molecule has 0 heterocycles. The van der Waals surface area contributed by atoms with Crippen molar-refractivity contribution in [2.45, 2.75) is 5.92 Å². The lowest BCUT2D eigenvalue weighted by molar-refractivity contribution is 0.0386. The van der Waals surface area contributed by atoms with Gasteiger partial charge in [-0.1, -0.05) is 36.4 Å². The van der Waals surface area contributed by atoms with Crippen molar-refractivity contribution >= 4 is 0 Å². The number of alkyl halides is 2. The van der Waals surface area contributed by atoms with E-state index in [-0.39, 0.29) is 5.56 Å². The molecule has 0 saturated carbocycles. The Bertz CT molecular complexity index is 478. The fraction of sp³-hybridized carbons (Fsp3) is 0.0769. The van der Waals surface area contributed by atoms with Crippen LogP contribution in [0.25, 0.3) is 0 Å². The van der Waals surface area contributed by atoms with Crippen LogP contribution in [0, 0.1) is 11.9 Å². The molecule has 81 valence electrons. The Hall–Kier alpha value is -1.77. The molecule has 0 N–H and O–H groups in total. The Morgan fingerprint density at radius 2 is 1.62 bits per heavy atom. The van der Waals surface area contributed by atoms with Crippen LogP contribution in [-0.4, -0.2) is 0 Å². The third kappa shape index (κ3) is 1.81. The van der Waals surface area contributed by atoms with Crippen molar-refractivity contribution in [3.05, 3.63) is 71.5 Å². The van der Waals surface area contributed by atoms with Gasteiger partial charge < -0.3 is 0 Å². The highest BCUT2D eigenvalue weighted by Gasteiger charge is 2.36. The van der Waals surface area contributed by atoms with Crippen LogP contribution in [0.3, 0.4) is 0 Å². The summed E-state index contributed by atoms with van der Waals surface area (Å²) in [4.78, 5) is 0. The summed E-state index contributed by atoms with van der Waals surface area (Å²) in [6, 6.07) is 12.9. The molecule has 0 unspecified atom stereocenters. The van der Waals surface area contributed by atoms with E-state index in [0.29, 0.717) is 0 Å². The van der Waals surface area contributed by atoms with Gasteiger partial charge in [-0.05, 0) is 18.2 Å². The topological polar surface area (TPSA) is 0 Å². The predicted molar refractivity (Wildman–Crippen MR) is 54.7 cm³/mol. The Balaban J connectivity index is 2.51. The molecular weight excluding hydrogens is 213 g/mol. The van der Waals surface area contributed by atoms with E-state index in [1.807, 2.05) is 0 Å². The largest absolute Gasteiger partial charge is 0.301 e. The van der Waals surface area contributed by atoms with Gasteiger partial charge in [0.1, 0.15) is 5.82 Å². The Morgan fingerprint density at radius 1 is 0.938 bits per heavy atom. The highest BCUT2D eigenvalue weighted by atomic mass is 19.3. The Kier molecular flexibility index (Phi) is 2.69. The molecule has 0 nitrogen and oxygen atoms in total. The highest BCUT2D eigenvalue weighted by molar-refractivity contribution is 5.33. The van der Waals surface area contributed by atoms with Crippen LogP contribution in [-0.2, 0) is 5.92 Å². The van der Waals surface area contributed by atoms with Gasteiger partial charge >= 0.3 is 5.92 Å². The van der Waals surface area contributed by atoms with E-state index in [1.165, 1.54) is 30.3 Å². The molecule has 2 rings (SSSR count). The molecule has 3 heteroatoms. The van der Waals surface area contributed by atoms with E-state index in [2.05, 4.69) is 6.07 Å². The maximum atomic E-state index is 13.9. The molecule has 0 fully saturated rings. The van der Waals surface area contributed by atoms with E-state index >= 15 is 0 Å². The normalized spacial score (nSPS) is 11.4. The number of halogens is 3. The number of hydrogen-bond donors (Lipinski definition) is 0. The fourth-order valence-corrected chi connectivity index (χ4v) is 1.45. The van der Waals surface area contributed by atoms with Gasteiger partial charge in [-0.15, -0.1) is 0 Å². The standard InChI is InChI=1S/C13H8F3/c14-12-9-5-4-8-11(12)13(15,16)10-6-2-1-3-7-10/h1-6,8-9H. The minimum absolute atomic E-state index is 0.333.